The summed E-state index contributed by atoms with van der Waals surface area (Å²) in [6, 6.07) is -0.979. The lowest BCUT2D eigenvalue weighted by Crippen LogP contribution is -2.50. The van der Waals surface area contributed by atoms with E-state index in [0.717, 1.165) is 4.90 Å². The molecule has 0 spiro atoms. The van der Waals surface area contributed by atoms with Crippen LogP contribution in [0.5, 0.6) is 0 Å². The third-order valence-electron chi connectivity index (χ3n) is 2.87. The number of hydrogen-bond donors (Lipinski definition) is 0. The summed E-state index contributed by atoms with van der Waals surface area (Å²) in [5, 5.41) is -1.00. The molecule has 0 aromatic rings. The van der Waals surface area contributed by atoms with Crippen LogP contribution in [-0.4, -0.2) is 39.6 Å². The Balaban J connectivity index is 2.28. The van der Waals surface area contributed by atoms with E-state index >= 15 is 0 Å². The predicted octanol–water partition coefficient (Wildman–Crippen LogP) is -0.415. The molecule has 0 aromatic carbocycles. The number of epoxide rings is 1. The topological polar surface area (TPSA) is 84.1 Å². The van der Waals surface area contributed by atoms with Gasteiger partial charge in [-0.2, -0.15) is 0 Å². The van der Waals surface area contributed by atoms with Crippen LogP contribution in [-0.2, 0) is 23.9 Å². The molecule has 6 nitrogen and oxygen atoms in total. The second-order valence-corrected chi connectivity index (χ2v) is 4.08. The van der Waals surface area contributed by atoms with Crippen molar-refractivity contribution < 1.29 is 23.9 Å². The zero-order chi connectivity index (χ0) is 12.1. The molecule has 2 fully saturated rings. The molecule has 16 heavy (non-hydrogen) atoms. The van der Waals surface area contributed by atoms with Gasteiger partial charge >= 0.3 is 11.6 Å². The zero-order valence-corrected chi connectivity index (χ0v) is 9.11. The Kier molecular flexibility index (Phi) is 2.27. The molecule has 7 heteroatoms. The van der Waals surface area contributed by atoms with Crippen LogP contribution in [0.4, 0.5) is 0 Å². The van der Waals surface area contributed by atoms with Crippen molar-refractivity contribution in [3.05, 3.63) is 0 Å². The lowest BCUT2D eigenvalue weighted by atomic mass is 10.0. The number of rotatable bonds is 3. The van der Waals surface area contributed by atoms with Crippen LogP contribution in [0.15, 0.2) is 0 Å². The van der Waals surface area contributed by atoms with Crippen molar-refractivity contribution in [2.24, 2.45) is 0 Å². The largest absolute Gasteiger partial charge is 0.432 e. The number of hydrogen-bond acceptors (Lipinski definition) is 5. The number of cyclic esters (lactones) is 1. The maximum absolute atomic E-state index is 11.4. The average molecular weight is 246 g/mol. The lowest BCUT2D eigenvalue weighted by molar-refractivity contribution is -0.143. The molecule has 0 aromatic heterocycles. The summed E-state index contributed by atoms with van der Waals surface area (Å²) in [5.41, 5.74) is -1.84. The van der Waals surface area contributed by atoms with E-state index in [1.807, 2.05) is 0 Å². The van der Waals surface area contributed by atoms with Crippen LogP contribution >= 0.6 is 11.6 Å². The fraction of sp³-hybridized carbons (Fsp3) is 0.556. The highest BCUT2D eigenvalue weighted by atomic mass is 35.5. The van der Waals surface area contributed by atoms with E-state index in [4.69, 9.17) is 11.6 Å². The smallest absolute Gasteiger partial charge is 0.363 e. The summed E-state index contributed by atoms with van der Waals surface area (Å²) >= 11 is 5.26. The fourth-order valence-corrected chi connectivity index (χ4v) is 2.14. The first-order chi connectivity index (χ1) is 7.41. The second-order valence-electron chi connectivity index (χ2n) is 3.73. The third-order valence-corrected chi connectivity index (χ3v) is 3.15. The molecule has 2 unspecified atom stereocenters. The number of amides is 2. The Morgan fingerprint density at radius 3 is 2.12 bits per heavy atom. The third kappa shape index (κ3) is 1.26. The second kappa shape index (κ2) is 3.28. The highest BCUT2D eigenvalue weighted by molar-refractivity contribution is 6.69. The maximum atomic E-state index is 11.4. The van der Waals surface area contributed by atoms with Crippen LogP contribution in [0, 0.1) is 0 Å². The number of carbonyl (C=O) groups excluding carboxylic acids is 4. The number of likely N-dealkylation sites (tertiary alicyclic amines) is 1. The molecule has 2 atom stereocenters. The highest BCUT2D eigenvalue weighted by Crippen LogP contribution is 2.39. The SMILES string of the molecule is CC(N1C(=O)CCC1=O)C1(C(=O)Cl)OC1=O. The van der Waals surface area contributed by atoms with Crippen LogP contribution in [0.3, 0.4) is 0 Å². The van der Waals surface area contributed by atoms with Gasteiger partial charge in [0, 0.05) is 12.8 Å². The first-order valence-corrected chi connectivity index (χ1v) is 5.07. The van der Waals surface area contributed by atoms with Gasteiger partial charge in [-0.15, -0.1) is 0 Å². The van der Waals surface area contributed by atoms with Gasteiger partial charge in [-0.25, -0.2) is 4.79 Å². The molecule has 2 rings (SSSR count). The van der Waals surface area contributed by atoms with E-state index in [1.54, 1.807) is 0 Å². The Morgan fingerprint density at radius 2 is 1.81 bits per heavy atom. The van der Waals surface area contributed by atoms with Crippen LogP contribution in [0.2, 0.25) is 0 Å². The molecule has 2 heterocycles. The molecule has 0 N–H and O–H groups in total. The van der Waals surface area contributed by atoms with E-state index in [2.05, 4.69) is 4.74 Å². The molecule has 2 aliphatic heterocycles. The van der Waals surface area contributed by atoms with E-state index < -0.39 is 34.7 Å². The van der Waals surface area contributed by atoms with Crippen molar-refractivity contribution in [2.75, 3.05) is 0 Å². The van der Waals surface area contributed by atoms with Crippen LogP contribution in [0.1, 0.15) is 19.8 Å². The standard InChI is InChI=1S/C9H8ClNO5/c1-4(9(7(10)14)8(15)16-9)11-5(12)2-3-6(11)13/h4H,2-3H2,1H3. The number of ether oxygens (including phenoxy) is 1. The first kappa shape index (κ1) is 11.1. The van der Waals surface area contributed by atoms with Crippen LogP contribution < -0.4 is 0 Å². The monoisotopic (exact) mass is 245 g/mol. The number of halogens is 1. The molecule has 0 radical (unpaired) electrons. The van der Waals surface area contributed by atoms with Crippen molar-refractivity contribution in [1.82, 2.24) is 4.90 Å². The van der Waals surface area contributed by atoms with Gasteiger partial charge in [0.05, 0.1) is 6.04 Å². The van der Waals surface area contributed by atoms with Crippen LogP contribution in [0.25, 0.3) is 0 Å². The summed E-state index contributed by atoms with van der Waals surface area (Å²) in [6.07, 6.45) is 0.174. The first-order valence-electron chi connectivity index (χ1n) is 4.69. The van der Waals surface area contributed by atoms with Crippen molar-refractivity contribution in [3.63, 3.8) is 0 Å². The summed E-state index contributed by atoms with van der Waals surface area (Å²) in [6.45, 7) is 1.40. The summed E-state index contributed by atoms with van der Waals surface area (Å²) in [7, 11) is 0. The molecule has 0 saturated carbocycles. The van der Waals surface area contributed by atoms with Gasteiger partial charge in [-0.05, 0) is 18.5 Å². The molecule has 2 aliphatic rings. The van der Waals surface area contributed by atoms with E-state index in [0.29, 0.717) is 0 Å². The molecule has 2 saturated heterocycles. The molecule has 0 aliphatic carbocycles. The van der Waals surface area contributed by atoms with Gasteiger partial charge in [0.2, 0.25) is 11.8 Å². The normalized spacial score (nSPS) is 30.4. The highest BCUT2D eigenvalue weighted by Gasteiger charge is 2.70. The van der Waals surface area contributed by atoms with Gasteiger partial charge in [-0.1, -0.05) is 0 Å². The molecular weight excluding hydrogens is 238 g/mol. The lowest BCUT2D eigenvalue weighted by Gasteiger charge is -2.23. The molecular formula is C9H8ClNO5. The van der Waals surface area contributed by atoms with Crippen molar-refractivity contribution in [2.45, 2.75) is 31.4 Å². The minimum atomic E-state index is -1.84. The Hall–Kier alpha value is -1.43. The molecule has 0 bridgehead atoms. The molecule has 2 amide bonds. The fourth-order valence-electron chi connectivity index (χ4n) is 1.87. The quantitative estimate of drug-likeness (QED) is 0.292. The van der Waals surface area contributed by atoms with E-state index in [-0.39, 0.29) is 12.8 Å². The van der Waals surface area contributed by atoms with Crippen molar-refractivity contribution in [3.8, 4) is 0 Å². The average Bonchev–Trinajstić information content (AvgIpc) is 2.78. The predicted molar refractivity (Wildman–Crippen MR) is 50.2 cm³/mol. The summed E-state index contributed by atoms with van der Waals surface area (Å²) in [5.74, 6) is -1.64. The van der Waals surface area contributed by atoms with Gasteiger partial charge < -0.3 is 4.74 Å². The maximum Gasteiger partial charge on any atom is 0.363 e. The molecule has 86 valence electrons. The summed E-state index contributed by atoms with van der Waals surface area (Å²) in [4.78, 5) is 45.9. The number of imide groups is 1. The number of carbonyl (C=O) groups is 4. The van der Waals surface area contributed by atoms with Gasteiger partial charge in [-0.3, -0.25) is 19.3 Å². The number of nitrogens with zero attached hydrogens (tertiary/aromatic N) is 1. The van der Waals surface area contributed by atoms with E-state index in [9.17, 15) is 19.2 Å². The Morgan fingerprint density at radius 1 is 1.38 bits per heavy atom. The Labute approximate surface area is 95.5 Å². The minimum absolute atomic E-state index is 0.0872. The minimum Gasteiger partial charge on any atom is -0.432 e. The Bertz CT molecular complexity index is 404. The van der Waals surface area contributed by atoms with Crippen molar-refractivity contribution >= 4 is 34.6 Å². The van der Waals surface area contributed by atoms with E-state index in [1.165, 1.54) is 6.92 Å². The summed E-state index contributed by atoms with van der Waals surface area (Å²) < 4.78 is 4.57. The van der Waals surface area contributed by atoms with Crippen molar-refractivity contribution in [1.29, 1.82) is 0 Å². The van der Waals surface area contributed by atoms with Gasteiger partial charge in [0.15, 0.2) is 0 Å². The van der Waals surface area contributed by atoms with Gasteiger partial charge in [0.1, 0.15) is 0 Å². The zero-order valence-electron chi connectivity index (χ0n) is 8.36. The van der Waals surface area contributed by atoms with Gasteiger partial charge in [0.25, 0.3) is 5.24 Å².